The minimum atomic E-state index is -0.761. The van der Waals surface area contributed by atoms with Gasteiger partial charge in [0.05, 0.1) is 25.8 Å². The fourth-order valence-electron chi connectivity index (χ4n) is 3.79. The Morgan fingerprint density at radius 2 is 1.77 bits per heavy atom. The first-order valence-electron chi connectivity index (χ1n) is 10.1. The lowest BCUT2D eigenvalue weighted by Gasteiger charge is -2.27. The van der Waals surface area contributed by atoms with Crippen molar-refractivity contribution in [3.05, 3.63) is 65.2 Å². The first-order valence-corrected chi connectivity index (χ1v) is 10.1. The van der Waals surface area contributed by atoms with Crippen LogP contribution in [-0.4, -0.2) is 68.0 Å². The van der Waals surface area contributed by atoms with E-state index in [1.54, 1.807) is 49.6 Å². The minimum Gasteiger partial charge on any atom is -0.507 e. The number of likely N-dealkylation sites (tertiary alicyclic amines) is 1. The van der Waals surface area contributed by atoms with Gasteiger partial charge in [-0.3, -0.25) is 9.59 Å². The molecule has 1 N–H and O–H groups in total. The van der Waals surface area contributed by atoms with E-state index in [2.05, 4.69) is 0 Å². The van der Waals surface area contributed by atoms with Crippen LogP contribution in [0.1, 0.15) is 23.6 Å². The number of hydrogen-bond donors (Lipinski definition) is 1. The van der Waals surface area contributed by atoms with Crippen molar-refractivity contribution in [1.82, 2.24) is 9.80 Å². The molecule has 1 unspecified atom stereocenters. The molecule has 164 valence electrons. The van der Waals surface area contributed by atoms with Gasteiger partial charge in [0.15, 0.2) is 0 Å². The summed E-state index contributed by atoms with van der Waals surface area (Å²) in [4.78, 5) is 29.6. The SMILES string of the molecule is COc1ccc(C2/C(=C(\O)c3ccccc3)C(=O)C(=O)N2CCCN(C)C)c(OC)c1. The van der Waals surface area contributed by atoms with Crippen LogP contribution in [0.4, 0.5) is 0 Å². The molecule has 1 aliphatic rings. The number of rotatable bonds is 8. The van der Waals surface area contributed by atoms with Crippen LogP contribution in [0.3, 0.4) is 0 Å². The topological polar surface area (TPSA) is 79.3 Å². The highest BCUT2D eigenvalue weighted by Crippen LogP contribution is 2.43. The number of nitrogens with zero attached hydrogens (tertiary/aromatic N) is 2. The molecular weight excluding hydrogens is 396 g/mol. The van der Waals surface area contributed by atoms with E-state index in [0.717, 1.165) is 6.54 Å². The molecule has 0 saturated carbocycles. The number of benzene rings is 2. The summed E-state index contributed by atoms with van der Waals surface area (Å²) in [6.45, 7) is 1.13. The lowest BCUT2D eigenvalue weighted by atomic mass is 9.94. The zero-order valence-corrected chi connectivity index (χ0v) is 18.3. The van der Waals surface area contributed by atoms with Crippen LogP contribution in [0.5, 0.6) is 11.5 Å². The Labute approximate surface area is 182 Å². The molecule has 0 aliphatic carbocycles. The van der Waals surface area contributed by atoms with Gasteiger partial charge in [-0.05, 0) is 39.2 Å². The first kappa shape index (κ1) is 22.4. The normalized spacial score (nSPS) is 18.0. The maximum atomic E-state index is 13.0. The zero-order valence-electron chi connectivity index (χ0n) is 18.3. The molecule has 31 heavy (non-hydrogen) atoms. The number of carbonyl (C=O) groups is 2. The first-order chi connectivity index (χ1) is 14.9. The summed E-state index contributed by atoms with van der Waals surface area (Å²) in [5, 5.41) is 11.0. The fraction of sp³-hybridized carbons (Fsp3) is 0.333. The van der Waals surface area contributed by atoms with Gasteiger partial charge in [0.25, 0.3) is 11.7 Å². The molecule has 1 amide bonds. The molecule has 2 aromatic carbocycles. The maximum absolute atomic E-state index is 13.0. The lowest BCUT2D eigenvalue weighted by Crippen LogP contribution is -2.32. The van der Waals surface area contributed by atoms with E-state index in [-0.39, 0.29) is 11.3 Å². The maximum Gasteiger partial charge on any atom is 0.295 e. The third-order valence-corrected chi connectivity index (χ3v) is 5.33. The third-order valence-electron chi connectivity index (χ3n) is 5.33. The molecule has 7 nitrogen and oxygen atoms in total. The average Bonchev–Trinajstić information content (AvgIpc) is 3.03. The van der Waals surface area contributed by atoms with Gasteiger partial charge in [0.1, 0.15) is 17.3 Å². The van der Waals surface area contributed by atoms with E-state index in [1.165, 1.54) is 12.0 Å². The van der Waals surface area contributed by atoms with E-state index in [0.29, 0.717) is 35.6 Å². The Bertz CT molecular complexity index is 985. The molecule has 3 rings (SSSR count). The quantitative estimate of drug-likeness (QED) is 0.399. The fourth-order valence-corrected chi connectivity index (χ4v) is 3.79. The van der Waals surface area contributed by atoms with E-state index in [4.69, 9.17) is 9.47 Å². The van der Waals surface area contributed by atoms with Gasteiger partial charge in [-0.1, -0.05) is 30.3 Å². The summed E-state index contributed by atoms with van der Waals surface area (Å²) >= 11 is 0. The van der Waals surface area contributed by atoms with Crippen molar-refractivity contribution < 1.29 is 24.2 Å². The van der Waals surface area contributed by atoms with Crippen molar-refractivity contribution in [3.63, 3.8) is 0 Å². The standard InChI is InChI=1S/C24H28N2O5/c1-25(2)13-8-14-26-21(18-12-11-17(30-3)15-19(18)31-4)20(23(28)24(26)29)22(27)16-9-6-5-7-10-16/h5-7,9-12,15,21,27H,8,13-14H2,1-4H3/b22-20+. The zero-order chi connectivity index (χ0) is 22.5. The van der Waals surface area contributed by atoms with Crippen LogP contribution in [0.15, 0.2) is 54.1 Å². The number of ether oxygens (including phenoxy) is 2. The average molecular weight is 424 g/mol. The van der Waals surface area contributed by atoms with Crippen LogP contribution in [0.25, 0.3) is 5.76 Å². The molecule has 1 aliphatic heterocycles. The summed E-state index contributed by atoms with van der Waals surface area (Å²) < 4.78 is 10.8. The summed E-state index contributed by atoms with van der Waals surface area (Å²) in [5.74, 6) is -0.457. The molecule has 1 atom stereocenters. The van der Waals surface area contributed by atoms with E-state index in [9.17, 15) is 14.7 Å². The molecule has 1 fully saturated rings. The second kappa shape index (κ2) is 9.66. The second-order valence-electron chi connectivity index (χ2n) is 7.62. The Hall–Kier alpha value is -3.32. The van der Waals surface area contributed by atoms with Crippen LogP contribution in [0, 0.1) is 0 Å². The number of aliphatic hydroxyl groups excluding tert-OH is 1. The summed E-state index contributed by atoms with van der Waals surface area (Å²) in [5.41, 5.74) is 1.15. The smallest absolute Gasteiger partial charge is 0.295 e. The van der Waals surface area contributed by atoms with E-state index >= 15 is 0 Å². The van der Waals surface area contributed by atoms with Crippen molar-refractivity contribution in [1.29, 1.82) is 0 Å². The highest BCUT2D eigenvalue weighted by atomic mass is 16.5. The number of hydrogen-bond acceptors (Lipinski definition) is 6. The molecule has 0 radical (unpaired) electrons. The van der Waals surface area contributed by atoms with Gasteiger partial charge in [0, 0.05) is 23.7 Å². The van der Waals surface area contributed by atoms with Crippen molar-refractivity contribution in [3.8, 4) is 11.5 Å². The summed E-state index contributed by atoms with van der Waals surface area (Å²) in [6.07, 6.45) is 0.681. The monoisotopic (exact) mass is 424 g/mol. The van der Waals surface area contributed by atoms with Crippen LogP contribution in [0.2, 0.25) is 0 Å². The van der Waals surface area contributed by atoms with Crippen LogP contribution in [-0.2, 0) is 9.59 Å². The molecule has 1 heterocycles. The molecule has 0 aromatic heterocycles. The van der Waals surface area contributed by atoms with Gasteiger partial charge in [-0.25, -0.2) is 0 Å². The molecule has 0 bridgehead atoms. The number of carbonyl (C=O) groups excluding carboxylic acids is 2. The van der Waals surface area contributed by atoms with Gasteiger partial charge in [-0.15, -0.1) is 0 Å². The Balaban J connectivity index is 2.15. The number of ketones is 1. The number of Topliss-reactive ketones (excluding diaryl/α,β-unsaturated/α-hetero) is 1. The van der Waals surface area contributed by atoms with E-state index < -0.39 is 17.7 Å². The van der Waals surface area contributed by atoms with Gasteiger partial charge < -0.3 is 24.4 Å². The Morgan fingerprint density at radius 1 is 1.06 bits per heavy atom. The Kier molecular flexibility index (Phi) is 6.97. The van der Waals surface area contributed by atoms with Crippen molar-refractivity contribution in [2.75, 3.05) is 41.4 Å². The molecule has 1 saturated heterocycles. The highest BCUT2D eigenvalue weighted by molar-refractivity contribution is 6.46. The van der Waals surface area contributed by atoms with Crippen molar-refractivity contribution >= 4 is 17.4 Å². The van der Waals surface area contributed by atoms with Crippen LogP contribution >= 0.6 is 0 Å². The largest absolute Gasteiger partial charge is 0.507 e. The van der Waals surface area contributed by atoms with Crippen molar-refractivity contribution in [2.24, 2.45) is 0 Å². The molecule has 0 spiro atoms. The lowest BCUT2D eigenvalue weighted by molar-refractivity contribution is -0.140. The predicted molar refractivity (Wildman–Crippen MR) is 118 cm³/mol. The van der Waals surface area contributed by atoms with Gasteiger partial charge in [-0.2, -0.15) is 0 Å². The summed E-state index contributed by atoms with van der Waals surface area (Å²) in [6, 6.07) is 13.2. The molecule has 7 heteroatoms. The number of methoxy groups -OCH3 is 2. The highest BCUT2D eigenvalue weighted by Gasteiger charge is 2.46. The van der Waals surface area contributed by atoms with Crippen molar-refractivity contribution in [2.45, 2.75) is 12.5 Å². The van der Waals surface area contributed by atoms with E-state index in [1.807, 2.05) is 25.1 Å². The number of amides is 1. The predicted octanol–water partition coefficient (Wildman–Crippen LogP) is 3.08. The van der Waals surface area contributed by atoms with Gasteiger partial charge >= 0.3 is 0 Å². The molecule has 2 aromatic rings. The minimum absolute atomic E-state index is 0.0597. The van der Waals surface area contributed by atoms with Gasteiger partial charge in [0.2, 0.25) is 0 Å². The Morgan fingerprint density at radius 3 is 2.39 bits per heavy atom. The molecular formula is C24H28N2O5. The number of aliphatic hydroxyl groups is 1. The second-order valence-corrected chi connectivity index (χ2v) is 7.62. The third kappa shape index (κ3) is 4.56. The van der Waals surface area contributed by atoms with Crippen LogP contribution < -0.4 is 9.47 Å². The summed E-state index contributed by atoms with van der Waals surface area (Å²) in [7, 11) is 6.98.